The van der Waals surface area contributed by atoms with Gasteiger partial charge in [-0.15, -0.1) is 11.3 Å². The Morgan fingerprint density at radius 3 is 2.48 bits per heavy atom. The Balaban J connectivity index is 1.74. The molecule has 2 N–H and O–H groups in total. The number of nitrogens with two attached hydrogens (primary N) is 1. The maximum atomic E-state index is 11.6. The van der Waals surface area contributed by atoms with Gasteiger partial charge in [-0.25, -0.2) is 14.8 Å². The van der Waals surface area contributed by atoms with Crippen LogP contribution in [-0.2, 0) is 15.7 Å². The Hall–Kier alpha value is -1.99. The van der Waals surface area contributed by atoms with Gasteiger partial charge < -0.3 is 4.84 Å². The highest BCUT2D eigenvalue weighted by Crippen LogP contribution is 2.51. The smallest absolute Gasteiger partial charge is 0.358 e. The van der Waals surface area contributed by atoms with Crippen LogP contribution in [0.2, 0.25) is 0 Å². The maximum absolute atomic E-state index is 11.6. The summed E-state index contributed by atoms with van der Waals surface area (Å²) in [5.41, 5.74) is 1.82. The highest BCUT2D eigenvalue weighted by atomic mass is 32.1. The summed E-state index contributed by atoms with van der Waals surface area (Å²) >= 11 is 1.79. The van der Waals surface area contributed by atoms with Gasteiger partial charge in [0.1, 0.15) is 5.82 Å². The van der Waals surface area contributed by atoms with Gasteiger partial charge in [0.25, 0.3) is 0 Å². The van der Waals surface area contributed by atoms with Crippen molar-refractivity contribution in [3.05, 3.63) is 34.5 Å². The molecule has 0 aromatic carbocycles. The predicted octanol–water partition coefficient (Wildman–Crippen LogP) is 4.22. The molecule has 2 aromatic heterocycles. The van der Waals surface area contributed by atoms with Crippen LogP contribution in [0.15, 0.2) is 18.3 Å². The average molecular weight is 387 g/mol. The molecular weight excluding hydrogens is 360 g/mol. The molecule has 1 fully saturated rings. The molecule has 0 spiro atoms. The summed E-state index contributed by atoms with van der Waals surface area (Å²) in [6, 6.07) is 3.97. The SMILES string of the molecule is CC1(C)CCC(C)(C)c2sc(N(c3ccc(C(=O)ON)cn3)C3CC3)nc21. The van der Waals surface area contributed by atoms with Crippen LogP contribution in [0.4, 0.5) is 10.9 Å². The van der Waals surface area contributed by atoms with Crippen molar-refractivity contribution in [2.45, 2.75) is 70.3 Å². The van der Waals surface area contributed by atoms with Crippen LogP contribution < -0.4 is 10.8 Å². The number of carbonyl (C=O) groups is 1. The van der Waals surface area contributed by atoms with Crippen molar-refractivity contribution in [2.75, 3.05) is 4.90 Å². The molecule has 2 heterocycles. The molecule has 6 nitrogen and oxygen atoms in total. The van der Waals surface area contributed by atoms with E-state index >= 15 is 0 Å². The Morgan fingerprint density at radius 2 is 1.93 bits per heavy atom. The third-order valence-electron chi connectivity index (χ3n) is 5.70. The van der Waals surface area contributed by atoms with Gasteiger partial charge in [-0.1, -0.05) is 27.7 Å². The van der Waals surface area contributed by atoms with E-state index in [2.05, 4.69) is 42.4 Å². The zero-order valence-corrected chi connectivity index (χ0v) is 17.1. The fourth-order valence-electron chi connectivity index (χ4n) is 3.68. The first-order chi connectivity index (χ1) is 12.7. The zero-order valence-electron chi connectivity index (χ0n) is 16.3. The fourth-order valence-corrected chi connectivity index (χ4v) is 5.13. The van der Waals surface area contributed by atoms with Gasteiger partial charge in [0.15, 0.2) is 5.13 Å². The number of aromatic nitrogens is 2. The molecule has 0 unspecified atom stereocenters. The number of anilines is 2. The lowest BCUT2D eigenvalue weighted by Crippen LogP contribution is -2.32. The molecule has 144 valence electrons. The first-order valence-electron chi connectivity index (χ1n) is 9.41. The van der Waals surface area contributed by atoms with E-state index in [-0.39, 0.29) is 10.8 Å². The molecule has 0 bridgehead atoms. The Kier molecular flexibility index (Phi) is 4.27. The van der Waals surface area contributed by atoms with Crippen LogP contribution in [0.1, 0.15) is 74.3 Å². The van der Waals surface area contributed by atoms with Gasteiger partial charge in [-0.05, 0) is 37.8 Å². The number of nitrogens with zero attached hydrogens (tertiary/aromatic N) is 3. The third-order valence-corrected chi connectivity index (χ3v) is 7.12. The molecule has 1 saturated carbocycles. The van der Waals surface area contributed by atoms with Crippen molar-refractivity contribution in [3.63, 3.8) is 0 Å². The van der Waals surface area contributed by atoms with Crippen molar-refractivity contribution in [1.29, 1.82) is 0 Å². The molecule has 27 heavy (non-hydrogen) atoms. The molecule has 0 atom stereocenters. The van der Waals surface area contributed by atoms with Crippen LogP contribution in [0, 0.1) is 0 Å². The molecule has 0 saturated heterocycles. The minimum Gasteiger partial charge on any atom is -0.370 e. The number of thiazole rings is 1. The monoisotopic (exact) mass is 386 g/mol. The van der Waals surface area contributed by atoms with Gasteiger partial charge in [0.05, 0.1) is 11.3 Å². The van der Waals surface area contributed by atoms with E-state index in [1.54, 1.807) is 17.4 Å². The summed E-state index contributed by atoms with van der Waals surface area (Å²) in [6.07, 6.45) is 6.10. The summed E-state index contributed by atoms with van der Waals surface area (Å²) in [5.74, 6) is 5.19. The molecule has 7 heteroatoms. The second-order valence-corrected chi connectivity index (χ2v) is 9.83. The lowest BCUT2D eigenvalue weighted by molar-refractivity contribution is 0.0503. The van der Waals surface area contributed by atoms with Crippen LogP contribution in [-0.4, -0.2) is 22.0 Å². The summed E-state index contributed by atoms with van der Waals surface area (Å²) in [4.78, 5) is 29.1. The van der Waals surface area contributed by atoms with Crippen molar-refractivity contribution < 1.29 is 9.63 Å². The molecule has 2 aliphatic rings. The minimum absolute atomic E-state index is 0.0942. The lowest BCUT2D eigenvalue weighted by Gasteiger charge is -2.37. The van der Waals surface area contributed by atoms with Crippen molar-refractivity contribution in [2.24, 2.45) is 5.90 Å². The quantitative estimate of drug-likeness (QED) is 0.793. The topological polar surface area (TPSA) is 81.3 Å². The first-order valence-corrected chi connectivity index (χ1v) is 10.2. The predicted molar refractivity (Wildman–Crippen MR) is 106 cm³/mol. The van der Waals surface area contributed by atoms with Gasteiger partial charge >= 0.3 is 5.97 Å². The Labute approximate surface area is 163 Å². The first kappa shape index (κ1) is 18.4. The van der Waals surface area contributed by atoms with E-state index in [9.17, 15) is 4.79 Å². The summed E-state index contributed by atoms with van der Waals surface area (Å²) < 4.78 is 0. The van der Waals surface area contributed by atoms with Crippen molar-refractivity contribution in [1.82, 2.24) is 9.97 Å². The van der Waals surface area contributed by atoms with Crippen molar-refractivity contribution >= 4 is 28.3 Å². The second-order valence-electron chi connectivity index (χ2n) is 8.85. The number of carbonyl (C=O) groups excluding carboxylic acids is 1. The van der Waals surface area contributed by atoms with Crippen LogP contribution >= 0.6 is 11.3 Å². The van der Waals surface area contributed by atoms with Gasteiger partial charge in [0.2, 0.25) is 0 Å². The van der Waals surface area contributed by atoms with E-state index in [0.717, 1.165) is 30.2 Å². The van der Waals surface area contributed by atoms with Crippen LogP contribution in [0.25, 0.3) is 0 Å². The molecule has 4 rings (SSSR count). The largest absolute Gasteiger partial charge is 0.370 e. The highest BCUT2D eigenvalue weighted by molar-refractivity contribution is 7.16. The Morgan fingerprint density at radius 1 is 1.22 bits per heavy atom. The summed E-state index contributed by atoms with van der Waals surface area (Å²) in [7, 11) is 0. The normalized spacial score (nSPS) is 20.0. The summed E-state index contributed by atoms with van der Waals surface area (Å²) in [5, 5.41) is 1.01. The van der Waals surface area contributed by atoms with E-state index in [1.807, 2.05) is 6.07 Å². The molecule has 2 aliphatic carbocycles. The van der Waals surface area contributed by atoms with Gasteiger partial charge in [-0.3, -0.25) is 4.90 Å². The number of hydrogen-bond acceptors (Lipinski definition) is 7. The zero-order chi connectivity index (χ0) is 19.4. The fraction of sp³-hybridized carbons (Fsp3) is 0.550. The van der Waals surface area contributed by atoms with Crippen LogP contribution in [0.3, 0.4) is 0 Å². The van der Waals surface area contributed by atoms with E-state index < -0.39 is 5.97 Å². The molecule has 0 aliphatic heterocycles. The van der Waals surface area contributed by atoms with E-state index in [0.29, 0.717) is 11.6 Å². The Bertz CT molecular complexity index is 835. The van der Waals surface area contributed by atoms with E-state index in [1.165, 1.54) is 23.2 Å². The average Bonchev–Trinajstić information content (AvgIpc) is 3.35. The molecule has 0 amide bonds. The van der Waals surface area contributed by atoms with Crippen molar-refractivity contribution in [3.8, 4) is 0 Å². The minimum atomic E-state index is -0.583. The lowest BCUT2D eigenvalue weighted by atomic mass is 9.69. The van der Waals surface area contributed by atoms with E-state index in [4.69, 9.17) is 10.9 Å². The second kappa shape index (κ2) is 6.27. The van der Waals surface area contributed by atoms with Crippen LogP contribution in [0.5, 0.6) is 0 Å². The standard InChI is InChI=1S/C20H26N4O2S/c1-19(2)9-10-20(3,4)16-15(19)23-18(27-16)24(13-6-7-13)14-8-5-12(11-22-14)17(25)26-21/h5,8,11,13H,6-7,9-10,21H2,1-4H3. The molecular formula is C20H26N4O2S. The van der Waals surface area contributed by atoms with Gasteiger partial charge in [0, 0.05) is 27.9 Å². The highest BCUT2D eigenvalue weighted by Gasteiger charge is 2.42. The maximum Gasteiger partial charge on any atom is 0.358 e. The number of pyridine rings is 1. The van der Waals surface area contributed by atoms with Gasteiger partial charge in [-0.2, -0.15) is 5.90 Å². The molecule has 2 aromatic rings. The molecule has 0 radical (unpaired) electrons. The number of hydrogen-bond donors (Lipinski definition) is 1. The number of fused-ring (bicyclic) bond motifs is 1. The summed E-state index contributed by atoms with van der Waals surface area (Å²) in [6.45, 7) is 9.21. The number of rotatable bonds is 4. The third kappa shape index (κ3) is 3.23.